The predicted molar refractivity (Wildman–Crippen MR) is 90.2 cm³/mol. The molecule has 1 atom stereocenters. The van der Waals surface area contributed by atoms with Gasteiger partial charge in [-0.05, 0) is 18.4 Å². The first-order valence-electron chi connectivity index (χ1n) is 7.21. The van der Waals surface area contributed by atoms with Gasteiger partial charge in [0.25, 0.3) is 5.91 Å². The molecule has 1 unspecified atom stereocenters. The molecule has 1 amide bonds. The summed E-state index contributed by atoms with van der Waals surface area (Å²) in [6.07, 6.45) is 1.50. The molecule has 2 heterocycles. The van der Waals surface area contributed by atoms with E-state index in [4.69, 9.17) is 0 Å². The number of H-pyrrole nitrogens is 1. The van der Waals surface area contributed by atoms with E-state index >= 15 is 0 Å². The van der Waals surface area contributed by atoms with Gasteiger partial charge in [0.2, 0.25) is 0 Å². The van der Waals surface area contributed by atoms with Crippen LogP contribution in [0, 0.1) is 0 Å². The van der Waals surface area contributed by atoms with Crippen molar-refractivity contribution >= 4 is 17.2 Å². The molecule has 0 aliphatic heterocycles. The third-order valence-electron chi connectivity index (χ3n) is 3.59. The number of rotatable bonds is 5. The zero-order valence-corrected chi connectivity index (χ0v) is 13.4. The number of nitrogens with zero attached hydrogens (tertiary/aromatic N) is 1. The van der Waals surface area contributed by atoms with Gasteiger partial charge in [0.15, 0.2) is 0 Å². The first kappa shape index (κ1) is 15.5. The molecule has 3 N–H and O–H groups in total. The number of amides is 1. The van der Waals surface area contributed by atoms with E-state index in [0.717, 1.165) is 10.4 Å². The molecule has 0 saturated heterocycles. The lowest BCUT2D eigenvalue weighted by molar-refractivity contribution is 0.0557. The summed E-state index contributed by atoms with van der Waals surface area (Å²) < 4.78 is 0. The van der Waals surface area contributed by atoms with Crippen molar-refractivity contribution in [3.63, 3.8) is 0 Å². The lowest BCUT2D eigenvalue weighted by atomic mass is 10.0. The van der Waals surface area contributed by atoms with Gasteiger partial charge in [-0.15, -0.1) is 11.3 Å². The van der Waals surface area contributed by atoms with Crippen LogP contribution in [0.25, 0.3) is 11.3 Å². The minimum absolute atomic E-state index is 0.131. The normalized spacial score (nSPS) is 13.5. The maximum atomic E-state index is 12.4. The quantitative estimate of drug-likeness (QED) is 0.674. The second-order valence-corrected chi connectivity index (χ2v) is 6.41. The van der Waals surface area contributed by atoms with E-state index in [-0.39, 0.29) is 12.5 Å². The molecule has 5 nitrogen and oxygen atoms in total. The van der Waals surface area contributed by atoms with Crippen molar-refractivity contribution < 1.29 is 9.90 Å². The fraction of sp³-hybridized carbons (Fsp3) is 0.176. The fourth-order valence-corrected chi connectivity index (χ4v) is 3.09. The van der Waals surface area contributed by atoms with Crippen LogP contribution in [0.4, 0.5) is 0 Å². The van der Waals surface area contributed by atoms with E-state index in [1.165, 1.54) is 17.5 Å². The van der Waals surface area contributed by atoms with Crippen LogP contribution >= 0.6 is 11.3 Å². The van der Waals surface area contributed by atoms with Crippen LogP contribution in [0.15, 0.2) is 54.0 Å². The molecule has 0 aliphatic rings. The van der Waals surface area contributed by atoms with E-state index in [2.05, 4.69) is 15.5 Å². The van der Waals surface area contributed by atoms with E-state index in [0.29, 0.717) is 11.3 Å². The molecule has 0 radical (unpaired) electrons. The van der Waals surface area contributed by atoms with Gasteiger partial charge in [-0.25, -0.2) is 0 Å². The smallest absolute Gasteiger partial charge is 0.255 e. The standard InChI is InChI=1S/C17H17N3O2S/c1-17(22,14-8-5-9-23-14)11-18-16(21)13-10-19-20-15(13)12-6-3-2-4-7-12/h2-10,22H,11H2,1H3,(H,18,21)(H,19,20). The molecule has 0 aliphatic carbocycles. The number of carbonyl (C=O) groups excluding carboxylic acids is 1. The number of aromatic nitrogens is 2. The van der Waals surface area contributed by atoms with Gasteiger partial charge in [-0.1, -0.05) is 36.4 Å². The van der Waals surface area contributed by atoms with Crippen molar-refractivity contribution in [1.82, 2.24) is 15.5 Å². The molecule has 6 heteroatoms. The summed E-state index contributed by atoms with van der Waals surface area (Å²) in [6.45, 7) is 1.82. The number of aromatic amines is 1. The molecule has 0 spiro atoms. The Hall–Kier alpha value is -2.44. The summed E-state index contributed by atoms with van der Waals surface area (Å²) in [4.78, 5) is 13.3. The minimum Gasteiger partial charge on any atom is -0.383 e. The van der Waals surface area contributed by atoms with E-state index in [1.54, 1.807) is 6.92 Å². The summed E-state index contributed by atoms with van der Waals surface area (Å²) in [5.41, 5.74) is 0.915. The predicted octanol–water partition coefficient (Wildman–Crippen LogP) is 2.78. The monoisotopic (exact) mass is 327 g/mol. The molecule has 1 aromatic carbocycles. The van der Waals surface area contributed by atoms with Gasteiger partial charge in [0, 0.05) is 10.4 Å². The highest BCUT2D eigenvalue weighted by molar-refractivity contribution is 7.10. The number of thiophene rings is 1. The van der Waals surface area contributed by atoms with Gasteiger partial charge in [-0.2, -0.15) is 5.10 Å². The lowest BCUT2D eigenvalue weighted by Gasteiger charge is -2.22. The molecular formula is C17H17N3O2S. The number of benzene rings is 1. The van der Waals surface area contributed by atoms with Crippen LogP contribution in [-0.4, -0.2) is 27.8 Å². The highest BCUT2D eigenvalue weighted by Gasteiger charge is 2.26. The highest BCUT2D eigenvalue weighted by atomic mass is 32.1. The first-order valence-corrected chi connectivity index (χ1v) is 8.09. The average Bonchev–Trinajstić information content (AvgIpc) is 3.25. The number of hydrogen-bond acceptors (Lipinski definition) is 4. The van der Waals surface area contributed by atoms with Crippen molar-refractivity contribution in [3.05, 3.63) is 64.5 Å². The Labute approximate surface area is 138 Å². The minimum atomic E-state index is -1.10. The number of hydrogen-bond donors (Lipinski definition) is 3. The molecule has 23 heavy (non-hydrogen) atoms. The topological polar surface area (TPSA) is 78.0 Å². The van der Waals surface area contributed by atoms with Gasteiger partial charge >= 0.3 is 0 Å². The van der Waals surface area contributed by atoms with Gasteiger partial charge in [0.1, 0.15) is 5.60 Å². The summed E-state index contributed by atoms with van der Waals surface area (Å²) >= 11 is 1.46. The van der Waals surface area contributed by atoms with Crippen LogP contribution in [0.1, 0.15) is 22.2 Å². The van der Waals surface area contributed by atoms with Crippen molar-refractivity contribution in [2.45, 2.75) is 12.5 Å². The van der Waals surface area contributed by atoms with Gasteiger partial charge in [0.05, 0.1) is 24.0 Å². The van der Waals surface area contributed by atoms with Crippen LogP contribution in [0.3, 0.4) is 0 Å². The van der Waals surface area contributed by atoms with Crippen molar-refractivity contribution in [3.8, 4) is 11.3 Å². The Kier molecular flexibility index (Phi) is 4.27. The fourth-order valence-electron chi connectivity index (χ4n) is 2.30. The maximum Gasteiger partial charge on any atom is 0.255 e. The molecule has 0 fully saturated rings. The zero-order valence-electron chi connectivity index (χ0n) is 12.6. The van der Waals surface area contributed by atoms with E-state index in [1.807, 2.05) is 47.8 Å². The van der Waals surface area contributed by atoms with Crippen molar-refractivity contribution in [2.24, 2.45) is 0 Å². The molecule has 118 valence electrons. The first-order chi connectivity index (χ1) is 11.1. The molecular weight excluding hydrogens is 310 g/mol. The van der Waals surface area contributed by atoms with Crippen LogP contribution in [0.5, 0.6) is 0 Å². The Morgan fingerprint density at radius 1 is 1.30 bits per heavy atom. The zero-order chi connectivity index (χ0) is 16.3. The largest absolute Gasteiger partial charge is 0.383 e. The lowest BCUT2D eigenvalue weighted by Crippen LogP contribution is -2.38. The van der Waals surface area contributed by atoms with Crippen LogP contribution < -0.4 is 5.32 Å². The Morgan fingerprint density at radius 3 is 2.78 bits per heavy atom. The Morgan fingerprint density at radius 2 is 2.09 bits per heavy atom. The molecule has 2 aromatic heterocycles. The highest BCUT2D eigenvalue weighted by Crippen LogP contribution is 2.25. The van der Waals surface area contributed by atoms with Crippen molar-refractivity contribution in [2.75, 3.05) is 6.54 Å². The summed E-state index contributed by atoms with van der Waals surface area (Å²) in [7, 11) is 0. The van der Waals surface area contributed by atoms with E-state index in [9.17, 15) is 9.90 Å². The molecule has 3 rings (SSSR count). The Bertz CT molecular complexity index is 779. The van der Waals surface area contributed by atoms with E-state index < -0.39 is 5.60 Å². The van der Waals surface area contributed by atoms with Crippen LogP contribution in [0.2, 0.25) is 0 Å². The molecule has 0 bridgehead atoms. The summed E-state index contributed by atoms with van der Waals surface area (Å²) in [5, 5.41) is 22.0. The molecule has 0 saturated carbocycles. The van der Waals surface area contributed by atoms with Gasteiger partial charge < -0.3 is 10.4 Å². The van der Waals surface area contributed by atoms with Gasteiger partial charge in [-0.3, -0.25) is 9.89 Å². The SMILES string of the molecule is CC(O)(CNC(=O)c1cn[nH]c1-c1ccccc1)c1cccs1. The summed E-state index contributed by atoms with van der Waals surface area (Å²) in [5.74, 6) is -0.269. The third kappa shape index (κ3) is 3.33. The Balaban J connectivity index is 1.74. The van der Waals surface area contributed by atoms with Crippen molar-refractivity contribution in [1.29, 1.82) is 0 Å². The number of carbonyl (C=O) groups is 1. The second kappa shape index (κ2) is 6.36. The average molecular weight is 327 g/mol. The molecule has 3 aromatic rings. The number of nitrogens with one attached hydrogen (secondary N) is 2. The third-order valence-corrected chi connectivity index (χ3v) is 4.71. The van der Waals surface area contributed by atoms with Crippen LogP contribution in [-0.2, 0) is 5.60 Å². The maximum absolute atomic E-state index is 12.4. The number of aliphatic hydroxyl groups is 1. The second-order valence-electron chi connectivity index (χ2n) is 5.46. The summed E-state index contributed by atoms with van der Waals surface area (Å²) in [6, 6.07) is 13.3.